The number of hydrogen-bond acceptors (Lipinski definition) is 8. The molecule has 1 rings (SSSR count). The minimum atomic E-state index is -4.31. The topological polar surface area (TPSA) is 84.9 Å². The summed E-state index contributed by atoms with van der Waals surface area (Å²) >= 11 is 4.97. The molecule has 0 aromatic rings. The molecule has 16 heavy (non-hydrogen) atoms. The third kappa shape index (κ3) is 4.77. The van der Waals surface area contributed by atoms with Crippen molar-refractivity contribution < 1.29 is 47.3 Å². The number of hydrogen-bond donors (Lipinski definition) is 1. The Morgan fingerprint density at radius 2 is 2.12 bits per heavy atom. The van der Waals surface area contributed by atoms with Gasteiger partial charge in [-0.25, -0.2) is 13.4 Å². The Hall–Kier alpha value is 1.10. The molecule has 0 saturated carbocycles. The van der Waals surface area contributed by atoms with Crippen LogP contribution >= 0.6 is 0 Å². The van der Waals surface area contributed by atoms with Crippen LogP contribution < -0.4 is 35.0 Å². The summed E-state index contributed by atoms with van der Waals surface area (Å²) in [6.07, 6.45) is -0.295. The zero-order valence-corrected chi connectivity index (χ0v) is 13.0. The van der Waals surface area contributed by atoms with E-state index in [0.717, 1.165) is 0 Å². The quantitative estimate of drug-likeness (QED) is 0.312. The van der Waals surface area contributed by atoms with Crippen molar-refractivity contribution >= 4 is 22.7 Å². The van der Waals surface area contributed by atoms with E-state index in [2.05, 4.69) is 5.43 Å². The summed E-state index contributed by atoms with van der Waals surface area (Å²) in [4.78, 5) is 1.37. The molecule has 2 atom stereocenters. The smallest absolute Gasteiger partial charge is 0.757 e. The maximum atomic E-state index is 10.6. The van der Waals surface area contributed by atoms with Crippen LogP contribution in [-0.2, 0) is 27.5 Å². The van der Waals surface area contributed by atoms with E-state index in [-0.39, 0.29) is 42.5 Å². The van der Waals surface area contributed by atoms with Gasteiger partial charge in [-0.15, -0.1) is 0 Å². The molecule has 0 bridgehead atoms. The third-order valence-electron chi connectivity index (χ3n) is 2.08. The van der Waals surface area contributed by atoms with Gasteiger partial charge in [-0.1, -0.05) is 0 Å². The normalized spacial score (nSPS) is 28.0. The van der Waals surface area contributed by atoms with Crippen LogP contribution in [0.15, 0.2) is 0 Å². The van der Waals surface area contributed by atoms with Crippen molar-refractivity contribution in [2.75, 3.05) is 19.7 Å². The molecule has 90 valence electrons. The third-order valence-corrected chi connectivity index (χ3v) is 3.07. The van der Waals surface area contributed by atoms with Gasteiger partial charge in [0.15, 0.2) is 0 Å². The number of rotatable bonds is 4. The number of hydrazine groups is 1. The summed E-state index contributed by atoms with van der Waals surface area (Å²) in [6, 6.07) is 0. The maximum Gasteiger partial charge on any atom is 1.00 e. The standard InChI is InChI=1S/C6H15N3O4S2.Na/c1-5-8(4-15(10,11)12)6(14)7-9(5)3-13-2;/h5-7,14H,3-4H2,1-2H3,(H,10,11,12);/q;+1/p-2. The zero-order chi connectivity index (χ0) is 11.6. The van der Waals surface area contributed by atoms with E-state index in [9.17, 15) is 13.0 Å². The van der Waals surface area contributed by atoms with E-state index in [4.69, 9.17) is 17.4 Å². The summed E-state index contributed by atoms with van der Waals surface area (Å²) in [5.41, 5.74) is 2.21. The fourth-order valence-corrected chi connectivity index (χ4v) is 2.55. The average molecular weight is 278 g/mol. The van der Waals surface area contributed by atoms with Crippen molar-refractivity contribution in [3.8, 4) is 0 Å². The van der Waals surface area contributed by atoms with E-state index < -0.39 is 21.5 Å². The van der Waals surface area contributed by atoms with Crippen LogP contribution in [0.3, 0.4) is 0 Å². The minimum absolute atomic E-state index is 0. The van der Waals surface area contributed by atoms with Gasteiger partial charge in [0.05, 0.1) is 12.0 Å². The Labute approximate surface area is 123 Å². The fourth-order valence-electron chi connectivity index (χ4n) is 1.34. The first-order valence-electron chi connectivity index (χ1n) is 4.22. The summed E-state index contributed by atoms with van der Waals surface area (Å²) in [5, 5.41) is 1.63. The maximum absolute atomic E-state index is 10.6. The molecule has 1 N–H and O–H groups in total. The Balaban J connectivity index is 0.00000225. The molecular weight excluding hydrogens is 265 g/mol. The van der Waals surface area contributed by atoms with Crippen molar-refractivity contribution in [1.29, 1.82) is 0 Å². The summed E-state index contributed by atoms with van der Waals surface area (Å²) < 4.78 is 36.8. The SMILES string of the molecule is COCN1NC([S-])N(CS(=O)(=O)[O-])C1C.[Na+]. The predicted molar refractivity (Wildman–Crippen MR) is 53.9 cm³/mol. The second-order valence-corrected chi connectivity index (χ2v) is 5.02. The molecule has 10 heteroatoms. The molecule has 0 aromatic heterocycles. The zero-order valence-electron chi connectivity index (χ0n) is 9.41. The molecular formula is C6H13N3NaO4S2-. The van der Waals surface area contributed by atoms with E-state index in [1.54, 1.807) is 11.9 Å². The first-order chi connectivity index (χ1) is 6.85. The summed E-state index contributed by atoms with van der Waals surface area (Å²) in [7, 11) is -2.80. The predicted octanol–water partition coefficient (Wildman–Crippen LogP) is -4.60. The first kappa shape index (κ1) is 17.1. The molecule has 1 aliphatic rings. The second kappa shape index (κ2) is 6.88. The number of methoxy groups -OCH3 is 1. The van der Waals surface area contributed by atoms with Gasteiger partial charge < -0.3 is 21.9 Å². The Bertz CT molecular complexity index is 315. The largest absolute Gasteiger partial charge is 1.00 e. The molecule has 1 saturated heterocycles. The number of ether oxygens (including phenoxy) is 1. The monoisotopic (exact) mass is 278 g/mol. The summed E-state index contributed by atoms with van der Waals surface area (Å²) in [5.74, 6) is -0.602. The molecule has 1 heterocycles. The molecule has 0 aliphatic carbocycles. The van der Waals surface area contributed by atoms with E-state index >= 15 is 0 Å². The molecule has 1 aliphatic heterocycles. The first-order valence-corrected chi connectivity index (χ1v) is 6.27. The number of nitrogens with zero attached hydrogens (tertiary/aromatic N) is 2. The Morgan fingerprint density at radius 3 is 2.56 bits per heavy atom. The van der Waals surface area contributed by atoms with Gasteiger partial charge in [0, 0.05) is 7.11 Å². The Kier molecular flexibility index (Phi) is 7.35. The van der Waals surface area contributed by atoms with Gasteiger partial charge in [0.25, 0.3) is 0 Å². The molecule has 0 radical (unpaired) electrons. The number of nitrogens with one attached hydrogen (secondary N) is 1. The second-order valence-electron chi connectivity index (χ2n) is 3.20. The van der Waals surface area contributed by atoms with E-state index in [1.165, 1.54) is 12.0 Å². The van der Waals surface area contributed by atoms with Crippen LogP contribution in [0.2, 0.25) is 0 Å². The van der Waals surface area contributed by atoms with Crippen molar-refractivity contribution in [2.45, 2.75) is 18.6 Å². The van der Waals surface area contributed by atoms with Gasteiger partial charge in [-0.3, -0.25) is 10.3 Å². The van der Waals surface area contributed by atoms with Crippen LogP contribution in [0, 0.1) is 0 Å². The average Bonchev–Trinajstić information content (AvgIpc) is 2.32. The fraction of sp³-hybridized carbons (Fsp3) is 1.00. The molecule has 2 unspecified atom stereocenters. The van der Waals surface area contributed by atoms with Crippen LogP contribution in [0.5, 0.6) is 0 Å². The molecule has 1 fully saturated rings. The van der Waals surface area contributed by atoms with Crippen LogP contribution in [0.1, 0.15) is 6.92 Å². The van der Waals surface area contributed by atoms with Crippen molar-refractivity contribution in [1.82, 2.24) is 15.3 Å². The molecule has 0 spiro atoms. The van der Waals surface area contributed by atoms with Gasteiger partial charge in [-0.2, -0.15) is 0 Å². The van der Waals surface area contributed by atoms with Gasteiger partial charge in [0.2, 0.25) is 0 Å². The molecule has 0 amide bonds. The van der Waals surface area contributed by atoms with Crippen molar-refractivity contribution in [3.05, 3.63) is 0 Å². The Morgan fingerprint density at radius 1 is 1.56 bits per heavy atom. The van der Waals surface area contributed by atoms with Gasteiger partial charge in [0.1, 0.15) is 16.8 Å². The molecule has 7 nitrogen and oxygen atoms in total. The van der Waals surface area contributed by atoms with Gasteiger partial charge >= 0.3 is 29.6 Å². The molecule has 0 aromatic carbocycles. The van der Waals surface area contributed by atoms with Gasteiger partial charge in [-0.05, 0) is 12.4 Å². The van der Waals surface area contributed by atoms with Crippen LogP contribution in [-0.4, -0.2) is 54.3 Å². The van der Waals surface area contributed by atoms with E-state index in [0.29, 0.717) is 0 Å². The van der Waals surface area contributed by atoms with E-state index in [1.807, 2.05) is 0 Å². The van der Waals surface area contributed by atoms with Crippen molar-refractivity contribution in [2.24, 2.45) is 0 Å². The van der Waals surface area contributed by atoms with Crippen LogP contribution in [0.25, 0.3) is 0 Å². The van der Waals surface area contributed by atoms with Crippen LogP contribution in [0.4, 0.5) is 0 Å². The minimum Gasteiger partial charge on any atom is -0.757 e. The summed E-state index contributed by atoms with van der Waals surface area (Å²) in [6.45, 7) is 2.01. The van der Waals surface area contributed by atoms with Crippen molar-refractivity contribution in [3.63, 3.8) is 0 Å².